The van der Waals surface area contributed by atoms with Crippen LogP contribution in [0.1, 0.15) is 0 Å². The topological polar surface area (TPSA) is 40.6 Å². The van der Waals surface area contributed by atoms with E-state index in [9.17, 15) is 0 Å². The largest absolute Gasteiger partial charge is 0.309 e. The van der Waals surface area contributed by atoms with Crippen LogP contribution in [-0.4, -0.2) is 23.7 Å². The molecule has 4 aromatic heterocycles. The molecule has 0 bridgehead atoms. The molecule has 5 nitrogen and oxygen atoms in total. The van der Waals surface area contributed by atoms with Crippen LogP contribution in [-0.2, 0) is 0 Å². The van der Waals surface area contributed by atoms with Gasteiger partial charge in [0.05, 0.1) is 44.5 Å². The number of rotatable bonds is 6. The molecule has 0 aliphatic heterocycles. The highest BCUT2D eigenvalue weighted by Crippen LogP contribution is 2.44. The van der Waals surface area contributed by atoms with Crippen molar-refractivity contribution in [3.63, 3.8) is 0 Å². The number of hydrogen-bond acceptors (Lipinski definition) is 2. The quantitative estimate of drug-likeness (QED) is 0.168. The Kier molecular flexibility index (Phi) is 7.84. The molecule has 0 N–H and O–H groups in total. The van der Waals surface area contributed by atoms with Gasteiger partial charge in [0, 0.05) is 66.1 Å². The van der Waals surface area contributed by atoms with Crippen LogP contribution in [0.15, 0.2) is 224 Å². The summed E-state index contributed by atoms with van der Waals surface area (Å²) in [6.45, 7) is 0. The van der Waals surface area contributed by atoms with E-state index in [4.69, 9.17) is 9.97 Å². The molecule has 0 saturated carbocycles. The van der Waals surface area contributed by atoms with Crippen LogP contribution in [0.25, 0.3) is 116 Å². The predicted octanol–water partition coefficient (Wildman–Crippen LogP) is 14.8. The Morgan fingerprint density at radius 2 is 0.810 bits per heavy atom. The summed E-state index contributed by atoms with van der Waals surface area (Å²) in [7, 11) is 0. The monoisotopic (exact) mass is 803 g/mol. The van der Waals surface area contributed by atoms with Gasteiger partial charge in [-0.3, -0.25) is 0 Å². The number of hydrogen-bond donors (Lipinski definition) is 0. The van der Waals surface area contributed by atoms with Gasteiger partial charge < -0.3 is 13.7 Å². The van der Waals surface area contributed by atoms with Gasteiger partial charge in [-0.25, -0.2) is 9.97 Å². The van der Waals surface area contributed by atoms with Crippen molar-refractivity contribution in [3.8, 4) is 51.0 Å². The number of nitrogens with zero attached hydrogens (tertiary/aromatic N) is 5. The van der Waals surface area contributed by atoms with E-state index in [-0.39, 0.29) is 0 Å². The van der Waals surface area contributed by atoms with Gasteiger partial charge in [0.2, 0.25) is 0 Å². The lowest BCUT2D eigenvalue weighted by atomic mass is 10.0. The Labute approximate surface area is 363 Å². The summed E-state index contributed by atoms with van der Waals surface area (Å²) < 4.78 is 7.31. The molecule has 0 unspecified atom stereocenters. The summed E-state index contributed by atoms with van der Waals surface area (Å²) in [5.41, 5.74) is 15.2. The smallest absolute Gasteiger partial charge is 0.160 e. The molecule has 5 heteroatoms. The second-order valence-corrected chi connectivity index (χ2v) is 16.2. The van der Waals surface area contributed by atoms with Gasteiger partial charge in [-0.2, -0.15) is 0 Å². The van der Waals surface area contributed by atoms with Gasteiger partial charge in [0.1, 0.15) is 0 Å². The van der Waals surface area contributed by atoms with E-state index in [2.05, 4.69) is 214 Å². The van der Waals surface area contributed by atoms with Crippen molar-refractivity contribution in [3.05, 3.63) is 224 Å². The van der Waals surface area contributed by atoms with Crippen LogP contribution in [0.2, 0.25) is 0 Å². The lowest BCUT2D eigenvalue weighted by Gasteiger charge is -2.12. The Balaban J connectivity index is 1.12. The molecule has 0 radical (unpaired) electrons. The second kappa shape index (κ2) is 14.0. The lowest BCUT2D eigenvalue weighted by Crippen LogP contribution is -1.97. The third-order valence-corrected chi connectivity index (χ3v) is 12.6. The first-order valence-electron chi connectivity index (χ1n) is 21.4. The first-order chi connectivity index (χ1) is 31.3. The molecule has 294 valence electrons. The van der Waals surface area contributed by atoms with Crippen LogP contribution < -0.4 is 0 Å². The summed E-state index contributed by atoms with van der Waals surface area (Å²) in [4.78, 5) is 10.4. The first-order valence-corrected chi connectivity index (χ1v) is 21.4. The van der Waals surface area contributed by atoms with E-state index >= 15 is 0 Å². The van der Waals surface area contributed by atoms with Crippen molar-refractivity contribution >= 4 is 65.4 Å². The van der Waals surface area contributed by atoms with E-state index in [1.807, 2.05) is 24.3 Å². The van der Waals surface area contributed by atoms with Gasteiger partial charge >= 0.3 is 0 Å². The lowest BCUT2D eigenvalue weighted by molar-refractivity contribution is 1.16. The maximum Gasteiger partial charge on any atom is 0.160 e. The maximum atomic E-state index is 5.32. The summed E-state index contributed by atoms with van der Waals surface area (Å²) in [5, 5.41) is 7.22. The fraction of sp³-hybridized carbons (Fsp3) is 0. The zero-order valence-corrected chi connectivity index (χ0v) is 34.1. The Hall–Kier alpha value is -8.54. The third-order valence-electron chi connectivity index (χ3n) is 12.6. The predicted molar refractivity (Wildman–Crippen MR) is 261 cm³/mol. The fourth-order valence-electron chi connectivity index (χ4n) is 9.95. The normalized spacial score (nSPS) is 11.8. The van der Waals surface area contributed by atoms with Gasteiger partial charge in [0.25, 0.3) is 0 Å². The minimum atomic E-state index is 0.698. The molecular weight excluding hydrogens is 767 g/mol. The molecule has 0 aliphatic rings. The highest BCUT2D eigenvalue weighted by molar-refractivity contribution is 6.26. The van der Waals surface area contributed by atoms with Gasteiger partial charge in [-0.05, 0) is 66.7 Å². The van der Waals surface area contributed by atoms with Crippen molar-refractivity contribution < 1.29 is 0 Å². The molecule has 13 rings (SSSR count). The van der Waals surface area contributed by atoms with E-state index in [0.29, 0.717) is 5.82 Å². The summed E-state index contributed by atoms with van der Waals surface area (Å²) in [6, 6.07) is 80.2. The number of para-hydroxylation sites is 4. The summed E-state index contributed by atoms with van der Waals surface area (Å²) in [5.74, 6) is 0.698. The minimum absolute atomic E-state index is 0.698. The van der Waals surface area contributed by atoms with E-state index < -0.39 is 0 Å². The molecule has 0 atom stereocenters. The summed E-state index contributed by atoms with van der Waals surface area (Å²) in [6.07, 6.45) is 0. The number of aromatic nitrogens is 5. The maximum absolute atomic E-state index is 5.32. The number of fused-ring (bicyclic) bond motifs is 10. The SMILES string of the molecule is c1ccc(-c2cc(-c3cccc4c3c3ccc(-n5c6ccccc6c6ccc7c(c8ccccc8n7-c7ccccc7)c65)cc3n4-c3ccccc3)nc(-c3ccccc3)n2)cc1. The molecular formula is C58H37N5. The molecule has 63 heavy (non-hydrogen) atoms. The number of benzene rings is 9. The highest BCUT2D eigenvalue weighted by atomic mass is 15.0. The van der Waals surface area contributed by atoms with Crippen LogP contribution >= 0.6 is 0 Å². The van der Waals surface area contributed by atoms with Crippen LogP contribution in [0.3, 0.4) is 0 Å². The average molecular weight is 804 g/mol. The van der Waals surface area contributed by atoms with Crippen molar-refractivity contribution in [2.45, 2.75) is 0 Å². The Morgan fingerprint density at radius 3 is 1.52 bits per heavy atom. The van der Waals surface area contributed by atoms with Crippen molar-refractivity contribution in [2.24, 2.45) is 0 Å². The average Bonchev–Trinajstić information content (AvgIpc) is 4.00. The van der Waals surface area contributed by atoms with E-state index in [1.54, 1.807) is 0 Å². The molecule has 0 amide bonds. The van der Waals surface area contributed by atoms with Crippen LogP contribution in [0.4, 0.5) is 0 Å². The Bertz CT molecular complexity index is 3820. The molecule has 9 aromatic carbocycles. The summed E-state index contributed by atoms with van der Waals surface area (Å²) >= 11 is 0. The molecule has 0 aliphatic carbocycles. The van der Waals surface area contributed by atoms with Crippen LogP contribution in [0.5, 0.6) is 0 Å². The minimum Gasteiger partial charge on any atom is -0.309 e. The molecule has 0 saturated heterocycles. The van der Waals surface area contributed by atoms with E-state index in [0.717, 1.165) is 66.9 Å². The first kappa shape index (κ1) is 35.2. The standard InChI is InChI=1S/C58H37N5/c1-5-18-38(19-6-1)48-37-49(60-58(59-48)39-20-7-2-8-21-39)45-28-17-31-52-55(45)47-33-32-42(36-54(47)62(52)41-24-11-4-12-25-41)63-50-29-15-13-26-43(50)44-34-35-53-56(57(44)63)46-27-14-16-30-51(46)61(53)40-22-9-3-10-23-40/h1-37H. The fourth-order valence-corrected chi connectivity index (χ4v) is 9.95. The highest BCUT2D eigenvalue weighted by Gasteiger charge is 2.23. The third kappa shape index (κ3) is 5.43. The molecule has 4 heterocycles. The zero-order chi connectivity index (χ0) is 41.4. The van der Waals surface area contributed by atoms with Gasteiger partial charge in [-0.1, -0.05) is 158 Å². The van der Waals surface area contributed by atoms with Gasteiger partial charge in [0.15, 0.2) is 5.82 Å². The Morgan fingerprint density at radius 1 is 0.286 bits per heavy atom. The van der Waals surface area contributed by atoms with Crippen molar-refractivity contribution in [2.75, 3.05) is 0 Å². The zero-order valence-electron chi connectivity index (χ0n) is 34.1. The molecule has 0 spiro atoms. The van der Waals surface area contributed by atoms with Crippen molar-refractivity contribution in [1.82, 2.24) is 23.7 Å². The second-order valence-electron chi connectivity index (χ2n) is 16.2. The van der Waals surface area contributed by atoms with Crippen molar-refractivity contribution in [1.29, 1.82) is 0 Å². The molecule has 13 aromatic rings. The molecule has 0 fully saturated rings. The van der Waals surface area contributed by atoms with E-state index in [1.165, 1.54) is 43.6 Å². The van der Waals surface area contributed by atoms with Crippen LogP contribution in [0, 0.1) is 0 Å². The van der Waals surface area contributed by atoms with Gasteiger partial charge in [-0.15, -0.1) is 0 Å².